The number of hydrogen-bond acceptors (Lipinski definition) is 7. The van der Waals surface area contributed by atoms with Crippen LogP contribution in [0, 0.1) is 5.92 Å². The quantitative estimate of drug-likeness (QED) is 0.355. The van der Waals surface area contributed by atoms with Crippen LogP contribution in [0.2, 0.25) is 0 Å². The molecule has 7 heteroatoms. The lowest BCUT2D eigenvalue weighted by Crippen LogP contribution is -2.59. The molecule has 0 spiro atoms. The minimum atomic E-state index is -1.16. The Balaban J connectivity index is 1.74. The largest absolute Gasteiger partial charge is 0.504 e. The molecule has 0 radical (unpaired) electrons. The Hall–Kier alpha value is -2.64. The molecule has 2 saturated heterocycles. The van der Waals surface area contributed by atoms with E-state index in [9.17, 15) is 9.90 Å². The van der Waals surface area contributed by atoms with Gasteiger partial charge < -0.3 is 19.3 Å². The molecule has 0 saturated carbocycles. The Kier molecular flexibility index (Phi) is 5.42. The van der Waals surface area contributed by atoms with Gasteiger partial charge in [-0.25, -0.2) is 4.79 Å². The molecule has 3 aliphatic rings. The molecule has 0 aromatic heterocycles. The van der Waals surface area contributed by atoms with E-state index in [2.05, 4.69) is 11.0 Å². The van der Waals surface area contributed by atoms with Crippen molar-refractivity contribution in [2.24, 2.45) is 10.9 Å². The van der Waals surface area contributed by atoms with Crippen molar-refractivity contribution in [2.45, 2.75) is 31.4 Å². The zero-order valence-corrected chi connectivity index (χ0v) is 17.8. The van der Waals surface area contributed by atoms with Crippen LogP contribution in [-0.2, 0) is 19.9 Å². The first-order chi connectivity index (χ1) is 14.5. The number of esters is 1. The zero-order valence-electron chi connectivity index (χ0n) is 17.8. The van der Waals surface area contributed by atoms with Crippen molar-refractivity contribution in [2.75, 3.05) is 34.4 Å². The molecular formula is C23H28N2O5. The molecule has 3 aliphatic heterocycles. The van der Waals surface area contributed by atoms with Crippen LogP contribution in [0.5, 0.6) is 5.75 Å². The summed E-state index contributed by atoms with van der Waals surface area (Å²) < 4.78 is 15.7. The smallest absolute Gasteiger partial charge is 0.337 e. The van der Waals surface area contributed by atoms with E-state index in [-0.39, 0.29) is 12.0 Å². The van der Waals surface area contributed by atoms with Crippen molar-refractivity contribution in [3.05, 3.63) is 47.2 Å². The Morgan fingerprint density at radius 1 is 1.33 bits per heavy atom. The highest BCUT2D eigenvalue weighted by Crippen LogP contribution is 2.51. The summed E-state index contributed by atoms with van der Waals surface area (Å²) in [6, 6.07) is 5.56. The number of methoxy groups -OCH3 is 3. The molecule has 1 N–H and O–H groups in total. The SMILES string of the molecule is C/C=C1\CN2CC[C@@]3(O)C(=Nc4cccc(OC)c43)[C@@H]2C[C@@H]1/C(=C/OC)C(=O)OC. The van der Waals surface area contributed by atoms with Gasteiger partial charge in [0.2, 0.25) is 0 Å². The van der Waals surface area contributed by atoms with Crippen LogP contribution in [0.4, 0.5) is 5.69 Å². The molecule has 30 heavy (non-hydrogen) atoms. The summed E-state index contributed by atoms with van der Waals surface area (Å²) >= 11 is 0. The fourth-order valence-corrected chi connectivity index (χ4v) is 5.09. The van der Waals surface area contributed by atoms with Gasteiger partial charge in [0.15, 0.2) is 0 Å². The second kappa shape index (κ2) is 7.89. The van der Waals surface area contributed by atoms with E-state index in [0.29, 0.717) is 30.7 Å². The number of nitrogens with zero attached hydrogens (tertiary/aromatic N) is 2. The van der Waals surface area contributed by atoms with Gasteiger partial charge in [-0.15, -0.1) is 0 Å². The fraction of sp³-hybridized carbons (Fsp3) is 0.478. The third-order valence-electron chi connectivity index (χ3n) is 6.52. The highest BCUT2D eigenvalue weighted by Gasteiger charge is 2.53. The number of carbonyl (C=O) groups excluding carboxylic acids is 1. The number of fused-ring (bicyclic) bond motifs is 5. The first kappa shape index (κ1) is 20.6. The summed E-state index contributed by atoms with van der Waals surface area (Å²) in [5, 5.41) is 11.7. The monoisotopic (exact) mass is 412 g/mol. The number of ether oxygens (including phenoxy) is 3. The molecule has 0 bridgehead atoms. The highest BCUT2D eigenvalue weighted by molar-refractivity contribution is 6.05. The summed E-state index contributed by atoms with van der Waals surface area (Å²) in [5.41, 5.74) is 2.70. The number of carbonyl (C=O) groups is 1. The number of piperidine rings is 2. The standard InChI is InChI=1S/C23H28N2O5/c1-5-14-12-25-10-9-23(27)20-17(7-6-8-19(20)29-3)24-21(23)18(25)11-15(14)16(13-28-2)22(26)30-4/h5-8,13,15,18,27H,9-12H2,1-4H3/b14-5+,16-13-/t15-,18-,23-/m0/s1. The number of aliphatic hydroxyl groups is 1. The zero-order chi connectivity index (χ0) is 21.5. The van der Waals surface area contributed by atoms with Crippen LogP contribution in [0.15, 0.2) is 46.7 Å². The van der Waals surface area contributed by atoms with Gasteiger partial charge in [0.25, 0.3) is 0 Å². The van der Waals surface area contributed by atoms with Crippen LogP contribution in [0.25, 0.3) is 0 Å². The van der Waals surface area contributed by atoms with Crippen LogP contribution >= 0.6 is 0 Å². The second-order valence-corrected chi connectivity index (χ2v) is 7.90. The molecule has 3 atom stereocenters. The highest BCUT2D eigenvalue weighted by atomic mass is 16.5. The maximum atomic E-state index is 12.5. The first-order valence-corrected chi connectivity index (χ1v) is 10.2. The minimum Gasteiger partial charge on any atom is -0.504 e. The molecule has 1 aromatic rings. The summed E-state index contributed by atoms with van der Waals surface area (Å²) in [6.07, 6.45) is 4.69. The number of aliphatic imine (C=N–C) groups is 1. The fourth-order valence-electron chi connectivity index (χ4n) is 5.09. The van der Waals surface area contributed by atoms with E-state index in [0.717, 1.165) is 29.1 Å². The molecule has 0 aliphatic carbocycles. The number of allylic oxidation sites excluding steroid dienone is 1. The molecule has 2 fully saturated rings. The van der Waals surface area contributed by atoms with Gasteiger partial charge in [-0.1, -0.05) is 17.7 Å². The third kappa shape index (κ3) is 3.04. The van der Waals surface area contributed by atoms with E-state index in [1.807, 2.05) is 25.1 Å². The van der Waals surface area contributed by atoms with Crippen LogP contribution in [0.3, 0.4) is 0 Å². The van der Waals surface area contributed by atoms with Crippen molar-refractivity contribution in [1.29, 1.82) is 0 Å². The molecule has 4 rings (SSSR count). The molecular weight excluding hydrogens is 384 g/mol. The van der Waals surface area contributed by atoms with Gasteiger partial charge in [0.1, 0.15) is 11.4 Å². The lowest BCUT2D eigenvalue weighted by Gasteiger charge is -2.48. The Morgan fingerprint density at radius 2 is 2.13 bits per heavy atom. The average Bonchev–Trinajstić information content (AvgIpc) is 3.09. The maximum absolute atomic E-state index is 12.5. The molecule has 1 aromatic carbocycles. The van der Waals surface area contributed by atoms with Gasteiger partial charge in [0.05, 0.1) is 56.2 Å². The lowest BCUT2D eigenvalue weighted by atomic mass is 9.72. The van der Waals surface area contributed by atoms with E-state index < -0.39 is 11.6 Å². The third-order valence-corrected chi connectivity index (χ3v) is 6.52. The Labute approximate surface area is 176 Å². The molecule has 0 unspecified atom stereocenters. The number of benzene rings is 1. The summed E-state index contributed by atoms with van der Waals surface area (Å²) in [4.78, 5) is 19.7. The molecule has 0 amide bonds. The number of hydrogen-bond donors (Lipinski definition) is 1. The summed E-state index contributed by atoms with van der Waals surface area (Å²) in [5.74, 6) is 0.0802. The van der Waals surface area contributed by atoms with E-state index >= 15 is 0 Å². The van der Waals surface area contributed by atoms with Crippen molar-refractivity contribution in [3.8, 4) is 5.75 Å². The van der Waals surface area contributed by atoms with Crippen molar-refractivity contribution >= 4 is 17.4 Å². The topological polar surface area (TPSA) is 80.6 Å². The van der Waals surface area contributed by atoms with Gasteiger partial charge in [0, 0.05) is 19.0 Å². The maximum Gasteiger partial charge on any atom is 0.337 e. The van der Waals surface area contributed by atoms with Crippen LogP contribution in [0.1, 0.15) is 25.3 Å². The van der Waals surface area contributed by atoms with E-state index in [1.54, 1.807) is 7.11 Å². The van der Waals surface area contributed by atoms with E-state index in [1.165, 1.54) is 20.5 Å². The molecule has 3 heterocycles. The predicted octanol–water partition coefficient (Wildman–Crippen LogP) is 2.71. The predicted molar refractivity (Wildman–Crippen MR) is 113 cm³/mol. The van der Waals surface area contributed by atoms with Crippen molar-refractivity contribution < 1.29 is 24.1 Å². The summed E-state index contributed by atoms with van der Waals surface area (Å²) in [7, 11) is 4.51. The number of rotatable bonds is 4. The minimum absolute atomic E-state index is 0.0977. The van der Waals surface area contributed by atoms with Crippen molar-refractivity contribution in [3.63, 3.8) is 0 Å². The lowest BCUT2D eigenvalue weighted by molar-refractivity contribution is -0.136. The van der Waals surface area contributed by atoms with E-state index in [4.69, 9.17) is 19.2 Å². The van der Waals surface area contributed by atoms with Gasteiger partial charge in [-0.05, 0) is 31.9 Å². The van der Waals surface area contributed by atoms with Gasteiger partial charge >= 0.3 is 5.97 Å². The first-order valence-electron chi connectivity index (χ1n) is 10.2. The Morgan fingerprint density at radius 3 is 2.80 bits per heavy atom. The Bertz CT molecular complexity index is 951. The van der Waals surface area contributed by atoms with Crippen LogP contribution in [-0.4, -0.2) is 62.1 Å². The molecule has 7 nitrogen and oxygen atoms in total. The van der Waals surface area contributed by atoms with Crippen LogP contribution < -0.4 is 4.74 Å². The van der Waals surface area contributed by atoms with Gasteiger partial charge in [-0.3, -0.25) is 9.89 Å². The normalized spacial score (nSPS) is 29.6. The van der Waals surface area contributed by atoms with Gasteiger partial charge in [-0.2, -0.15) is 0 Å². The van der Waals surface area contributed by atoms with Crippen molar-refractivity contribution in [1.82, 2.24) is 4.90 Å². The molecule has 160 valence electrons. The second-order valence-electron chi connectivity index (χ2n) is 7.90. The summed E-state index contributed by atoms with van der Waals surface area (Å²) in [6.45, 7) is 3.41. The average molecular weight is 412 g/mol.